The van der Waals surface area contributed by atoms with Crippen LogP contribution in [0.3, 0.4) is 0 Å². The Morgan fingerprint density at radius 1 is 1.33 bits per heavy atom. The third-order valence-electron chi connectivity index (χ3n) is 4.20. The zero-order chi connectivity index (χ0) is 17.4. The Morgan fingerprint density at radius 2 is 2.12 bits per heavy atom. The van der Waals surface area contributed by atoms with E-state index < -0.39 is 17.5 Å². The van der Waals surface area contributed by atoms with Crippen LogP contribution >= 0.6 is 0 Å². The maximum atomic E-state index is 12.8. The average Bonchev–Trinajstić information content (AvgIpc) is 2.91. The van der Waals surface area contributed by atoms with Crippen molar-refractivity contribution in [3.05, 3.63) is 36.0 Å². The van der Waals surface area contributed by atoms with Gasteiger partial charge in [0.25, 0.3) is 0 Å². The smallest absolute Gasteiger partial charge is 0.388 e. The first-order valence-corrected chi connectivity index (χ1v) is 7.61. The molecule has 0 spiro atoms. The molecule has 1 atom stereocenters. The molecule has 0 bridgehead atoms. The molecule has 0 aromatic carbocycles. The van der Waals surface area contributed by atoms with Crippen LogP contribution in [-0.2, 0) is 19.6 Å². The molecule has 1 aliphatic rings. The highest BCUT2D eigenvalue weighted by atomic mass is 19.4. The van der Waals surface area contributed by atoms with Gasteiger partial charge in [-0.2, -0.15) is 13.2 Å². The molecule has 2 aromatic heterocycles. The van der Waals surface area contributed by atoms with Crippen molar-refractivity contribution >= 4 is 5.82 Å². The van der Waals surface area contributed by atoms with Crippen LogP contribution in [0.2, 0.25) is 0 Å². The molecule has 0 amide bonds. The van der Waals surface area contributed by atoms with Crippen LogP contribution in [0.25, 0.3) is 0 Å². The minimum absolute atomic E-state index is 0.203. The molecular formula is C15H18F3N5O. The van der Waals surface area contributed by atoms with E-state index in [0.29, 0.717) is 31.6 Å². The van der Waals surface area contributed by atoms with Gasteiger partial charge in [0.1, 0.15) is 23.7 Å². The van der Waals surface area contributed by atoms with Gasteiger partial charge in [0.2, 0.25) is 0 Å². The minimum Gasteiger partial charge on any atom is -0.388 e. The molecular weight excluding hydrogens is 323 g/mol. The summed E-state index contributed by atoms with van der Waals surface area (Å²) in [7, 11) is 1.79. The molecule has 24 heavy (non-hydrogen) atoms. The summed E-state index contributed by atoms with van der Waals surface area (Å²) in [6.45, 7) is 0.754. The number of aliphatic hydroxyl groups is 1. The van der Waals surface area contributed by atoms with Crippen LogP contribution in [0, 0.1) is 0 Å². The lowest BCUT2D eigenvalue weighted by molar-refractivity contribution is -0.141. The molecule has 0 radical (unpaired) electrons. The van der Waals surface area contributed by atoms with Gasteiger partial charge in [-0.1, -0.05) is 6.07 Å². The molecule has 1 saturated heterocycles. The Kier molecular flexibility index (Phi) is 4.20. The van der Waals surface area contributed by atoms with E-state index in [1.54, 1.807) is 22.8 Å². The molecule has 2 aromatic rings. The van der Waals surface area contributed by atoms with Crippen LogP contribution in [0.1, 0.15) is 24.4 Å². The lowest BCUT2D eigenvalue weighted by Crippen LogP contribution is -2.50. The van der Waals surface area contributed by atoms with E-state index in [2.05, 4.69) is 15.2 Å². The summed E-state index contributed by atoms with van der Waals surface area (Å²) in [4.78, 5) is 5.39. The van der Waals surface area contributed by atoms with Crippen LogP contribution < -0.4 is 4.90 Å². The largest absolute Gasteiger partial charge is 0.433 e. The lowest BCUT2D eigenvalue weighted by Gasteiger charge is -2.39. The quantitative estimate of drug-likeness (QED) is 0.922. The van der Waals surface area contributed by atoms with Crippen molar-refractivity contribution in [2.75, 3.05) is 18.0 Å². The van der Waals surface area contributed by atoms with E-state index in [4.69, 9.17) is 0 Å². The van der Waals surface area contributed by atoms with Crippen molar-refractivity contribution in [2.45, 2.75) is 31.0 Å². The number of alkyl halides is 3. The van der Waals surface area contributed by atoms with Gasteiger partial charge in [-0.15, -0.1) is 10.2 Å². The number of pyridine rings is 1. The molecule has 1 fully saturated rings. The van der Waals surface area contributed by atoms with Crippen molar-refractivity contribution in [1.29, 1.82) is 0 Å². The van der Waals surface area contributed by atoms with Gasteiger partial charge in [0.15, 0.2) is 0 Å². The first-order chi connectivity index (χ1) is 11.3. The molecule has 130 valence electrons. The summed E-state index contributed by atoms with van der Waals surface area (Å²) in [6, 6.07) is 3.81. The first-order valence-electron chi connectivity index (χ1n) is 7.61. The number of anilines is 1. The Labute approximate surface area is 136 Å². The predicted molar refractivity (Wildman–Crippen MR) is 80.3 cm³/mol. The zero-order valence-corrected chi connectivity index (χ0v) is 13.2. The highest BCUT2D eigenvalue weighted by molar-refractivity contribution is 5.41. The molecule has 0 saturated carbocycles. The first kappa shape index (κ1) is 16.7. The second-order valence-electron chi connectivity index (χ2n) is 6.16. The maximum Gasteiger partial charge on any atom is 0.433 e. The summed E-state index contributed by atoms with van der Waals surface area (Å²) in [5, 5.41) is 18.6. The highest BCUT2D eigenvalue weighted by Gasteiger charge is 2.37. The second kappa shape index (κ2) is 6.04. The van der Waals surface area contributed by atoms with Crippen molar-refractivity contribution in [3.63, 3.8) is 0 Å². The van der Waals surface area contributed by atoms with E-state index >= 15 is 0 Å². The average molecular weight is 341 g/mol. The van der Waals surface area contributed by atoms with Gasteiger partial charge in [-0.3, -0.25) is 0 Å². The summed E-state index contributed by atoms with van der Waals surface area (Å²) in [6.07, 6.45) is -1.44. The summed E-state index contributed by atoms with van der Waals surface area (Å²) < 4.78 is 40.2. The monoisotopic (exact) mass is 341 g/mol. The number of piperidine rings is 1. The van der Waals surface area contributed by atoms with Crippen LogP contribution in [-0.4, -0.2) is 43.5 Å². The third kappa shape index (κ3) is 3.50. The SMILES string of the molecule is Cn1cnnc1CC1(O)CCCN(c2cccc(C(F)(F)F)n2)C1. The Morgan fingerprint density at radius 3 is 2.79 bits per heavy atom. The molecule has 9 heteroatoms. The van der Waals surface area contributed by atoms with Crippen molar-refractivity contribution in [2.24, 2.45) is 7.05 Å². The highest BCUT2D eigenvalue weighted by Crippen LogP contribution is 2.31. The third-order valence-corrected chi connectivity index (χ3v) is 4.20. The number of hydrogen-bond donors (Lipinski definition) is 1. The summed E-state index contributed by atoms with van der Waals surface area (Å²) >= 11 is 0. The lowest BCUT2D eigenvalue weighted by atomic mass is 9.89. The summed E-state index contributed by atoms with van der Waals surface area (Å²) in [5.41, 5.74) is -2.00. The van der Waals surface area contributed by atoms with E-state index in [9.17, 15) is 18.3 Å². The van der Waals surface area contributed by atoms with E-state index in [-0.39, 0.29) is 12.4 Å². The van der Waals surface area contributed by atoms with Crippen LogP contribution in [0.15, 0.2) is 24.5 Å². The van der Waals surface area contributed by atoms with E-state index in [1.807, 2.05) is 0 Å². The molecule has 1 aliphatic heterocycles. The Balaban J connectivity index is 1.79. The standard InChI is InChI=1S/C15H18F3N5O/c1-22-10-19-21-13(22)8-14(24)6-3-7-23(9-14)12-5-2-4-11(20-12)15(16,17)18/h2,4-5,10,24H,3,6-9H2,1H3. The van der Waals surface area contributed by atoms with Gasteiger partial charge in [0.05, 0.1) is 5.60 Å². The number of β-amino-alcohol motifs (C(OH)–C–C–N with tert-alkyl or cyclic N) is 1. The predicted octanol–water partition coefficient (Wildman–Crippen LogP) is 1.80. The molecule has 1 N–H and O–H groups in total. The molecule has 1 unspecified atom stereocenters. The van der Waals surface area contributed by atoms with Gasteiger partial charge in [0, 0.05) is 26.6 Å². The molecule has 0 aliphatic carbocycles. The molecule has 3 heterocycles. The number of aryl methyl sites for hydroxylation is 1. The minimum atomic E-state index is -4.49. The fourth-order valence-electron chi connectivity index (χ4n) is 2.97. The van der Waals surface area contributed by atoms with Crippen molar-refractivity contribution in [1.82, 2.24) is 19.7 Å². The fraction of sp³-hybridized carbons (Fsp3) is 0.533. The molecule has 3 rings (SSSR count). The van der Waals surface area contributed by atoms with Crippen molar-refractivity contribution < 1.29 is 18.3 Å². The second-order valence-corrected chi connectivity index (χ2v) is 6.16. The van der Waals surface area contributed by atoms with E-state index in [1.165, 1.54) is 12.1 Å². The zero-order valence-electron chi connectivity index (χ0n) is 13.2. The summed E-state index contributed by atoms with van der Waals surface area (Å²) in [5.74, 6) is 0.859. The van der Waals surface area contributed by atoms with Crippen LogP contribution in [0.4, 0.5) is 19.0 Å². The van der Waals surface area contributed by atoms with Gasteiger partial charge in [-0.05, 0) is 25.0 Å². The van der Waals surface area contributed by atoms with Crippen LogP contribution in [0.5, 0.6) is 0 Å². The number of nitrogens with zero attached hydrogens (tertiary/aromatic N) is 5. The molecule has 6 nitrogen and oxygen atoms in total. The maximum absolute atomic E-state index is 12.8. The van der Waals surface area contributed by atoms with Gasteiger partial charge >= 0.3 is 6.18 Å². The number of halogens is 3. The topological polar surface area (TPSA) is 67.1 Å². The fourth-order valence-corrected chi connectivity index (χ4v) is 2.97. The number of aromatic nitrogens is 4. The normalized spacial score (nSPS) is 22.0. The Hall–Kier alpha value is -2.16. The van der Waals surface area contributed by atoms with E-state index in [0.717, 1.165) is 6.07 Å². The van der Waals surface area contributed by atoms with Gasteiger partial charge < -0.3 is 14.6 Å². The number of rotatable bonds is 3. The Bertz CT molecular complexity index is 717. The number of hydrogen-bond acceptors (Lipinski definition) is 5. The van der Waals surface area contributed by atoms with Crippen molar-refractivity contribution in [3.8, 4) is 0 Å². The van der Waals surface area contributed by atoms with Gasteiger partial charge in [-0.25, -0.2) is 4.98 Å².